The molecule has 1 nitrogen and oxygen atoms in total. The molecule has 1 saturated carbocycles. The Bertz CT molecular complexity index is 1810. The second-order valence-corrected chi connectivity index (χ2v) is 16.2. The minimum Gasteiger partial charge on any atom is -0.256 e. The molecule has 0 bridgehead atoms. The molecule has 2 heteroatoms. The molecule has 0 saturated heterocycles. The van der Waals surface area contributed by atoms with E-state index >= 15 is 0 Å². The molecular formula is C39H43NS. The van der Waals surface area contributed by atoms with Crippen molar-refractivity contribution < 1.29 is 0 Å². The molecule has 0 N–H and O–H groups in total. The molecule has 1 aliphatic heterocycles. The first kappa shape index (κ1) is 27.0. The van der Waals surface area contributed by atoms with Crippen molar-refractivity contribution in [2.24, 2.45) is 10.8 Å². The number of benzene rings is 4. The second kappa shape index (κ2) is 9.87. The van der Waals surface area contributed by atoms with Crippen LogP contribution in [0.15, 0.2) is 70.6 Å². The molecule has 0 unspecified atom stereocenters. The number of fused-ring (bicyclic) bond motifs is 5. The van der Waals surface area contributed by atoms with Crippen molar-refractivity contribution in [1.29, 1.82) is 0 Å². The maximum atomic E-state index is 5.11. The molecule has 7 rings (SSSR count). The van der Waals surface area contributed by atoms with Crippen LogP contribution >= 0.6 is 11.8 Å². The number of pyridine rings is 1. The van der Waals surface area contributed by atoms with Gasteiger partial charge in [-0.05, 0) is 104 Å². The smallest absolute Gasteiger partial charge is 0.0803 e. The van der Waals surface area contributed by atoms with Crippen molar-refractivity contribution in [3.63, 3.8) is 0 Å². The summed E-state index contributed by atoms with van der Waals surface area (Å²) in [6.45, 7) is 14.1. The summed E-state index contributed by atoms with van der Waals surface area (Å²) < 4.78 is 0. The van der Waals surface area contributed by atoms with E-state index in [0.29, 0.717) is 5.92 Å². The molecule has 210 valence electrons. The van der Waals surface area contributed by atoms with E-state index in [1.54, 1.807) is 0 Å². The fourth-order valence-corrected chi connectivity index (χ4v) is 8.68. The van der Waals surface area contributed by atoms with Crippen LogP contribution in [0.1, 0.15) is 96.3 Å². The molecule has 41 heavy (non-hydrogen) atoms. The van der Waals surface area contributed by atoms with E-state index in [2.05, 4.69) is 102 Å². The summed E-state index contributed by atoms with van der Waals surface area (Å²) >= 11 is 1.98. The number of hydrogen-bond acceptors (Lipinski definition) is 2. The molecule has 2 heterocycles. The Morgan fingerprint density at radius 2 is 1.51 bits per heavy atom. The van der Waals surface area contributed by atoms with E-state index in [1.165, 1.54) is 96.5 Å². The van der Waals surface area contributed by atoms with Crippen LogP contribution in [-0.4, -0.2) is 4.98 Å². The third-order valence-electron chi connectivity index (χ3n) is 9.10. The van der Waals surface area contributed by atoms with E-state index in [0.717, 1.165) is 18.5 Å². The van der Waals surface area contributed by atoms with Crippen molar-refractivity contribution in [1.82, 2.24) is 4.98 Å². The van der Waals surface area contributed by atoms with Crippen LogP contribution in [0.2, 0.25) is 0 Å². The van der Waals surface area contributed by atoms with Gasteiger partial charge in [-0.2, -0.15) is 0 Å². The third kappa shape index (κ3) is 5.07. The van der Waals surface area contributed by atoms with Gasteiger partial charge in [-0.15, -0.1) is 0 Å². The molecular weight excluding hydrogens is 515 g/mol. The van der Waals surface area contributed by atoms with Crippen molar-refractivity contribution in [2.75, 3.05) is 0 Å². The standard InChI is InChI=1S/C39H43NS/c1-38(2,3)22-24-12-15-29-28(18-24)20-32-36-35-30(16-17-40-36)31-19-26(25-10-8-7-9-11-25)13-14-27(31)21-34(35)41-37(32)33(29)23-39(4,5)6/h12-21,25H,7-11,22-23H2,1-6H3. The fraction of sp³-hybridized carbons (Fsp3) is 0.410. The van der Waals surface area contributed by atoms with Gasteiger partial charge in [0.25, 0.3) is 0 Å². The zero-order valence-corrected chi connectivity index (χ0v) is 26.5. The zero-order chi connectivity index (χ0) is 28.5. The lowest BCUT2D eigenvalue weighted by atomic mass is 9.82. The van der Waals surface area contributed by atoms with Gasteiger partial charge >= 0.3 is 0 Å². The zero-order valence-electron chi connectivity index (χ0n) is 25.7. The molecule has 0 radical (unpaired) electrons. The summed E-state index contributed by atoms with van der Waals surface area (Å²) in [6.07, 6.45) is 11.0. The maximum Gasteiger partial charge on any atom is 0.0803 e. The lowest BCUT2D eigenvalue weighted by Gasteiger charge is -2.28. The van der Waals surface area contributed by atoms with E-state index in [-0.39, 0.29) is 10.8 Å². The average molecular weight is 558 g/mol. The average Bonchev–Trinajstić information content (AvgIpc) is 2.92. The first-order valence-electron chi connectivity index (χ1n) is 15.7. The van der Waals surface area contributed by atoms with Crippen molar-refractivity contribution in [3.05, 3.63) is 77.5 Å². The number of nitrogens with zero attached hydrogens (tertiary/aromatic N) is 1. The number of hydrogen-bond donors (Lipinski definition) is 0. The summed E-state index contributed by atoms with van der Waals surface area (Å²) in [5.74, 6) is 0.709. The lowest BCUT2D eigenvalue weighted by molar-refractivity contribution is 0.410. The van der Waals surface area contributed by atoms with E-state index in [1.807, 2.05) is 11.8 Å². The second-order valence-electron chi connectivity index (χ2n) is 15.1. The summed E-state index contributed by atoms with van der Waals surface area (Å²) in [5.41, 5.74) is 7.35. The molecule has 5 aromatic rings. The van der Waals surface area contributed by atoms with Crippen LogP contribution in [0, 0.1) is 10.8 Å². The van der Waals surface area contributed by atoms with Crippen LogP contribution in [0.4, 0.5) is 0 Å². The third-order valence-corrected chi connectivity index (χ3v) is 10.3. The quantitative estimate of drug-likeness (QED) is 0.201. The molecule has 4 aromatic carbocycles. The molecule has 0 amide bonds. The van der Waals surface area contributed by atoms with Gasteiger partial charge in [0.2, 0.25) is 0 Å². The van der Waals surface area contributed by atoms with Gasteiger partial charge in [0, 0.05) is 26.9 Å². The topological polar surface area (TPSA) is 12.9 Å². The van der Waals surface area contributed by atoms with Crippen molar-refractivity contribution in [3.8, 4) is 11.3 Å². The Kier molecular flexibility index (Phi) is 6.51. The van der Waals surface area contributed by atoms with Crippen molar-refractivity contribution >= 4 is 44.1 Å². The number of rotatable bonds is 3. The van der Waals surface area contributed by atoms with E-state index < -0.39 is 0 Å². The van der Waals surface area contributed by atoms with Gasteiger partial charge < -0.3 is 0 Å². The molecule has 0 atom stereocenters. The molecule has 1 aliphatic carbocycles. The Hall–Kier alpha value is -2.84. The normalized spacial score (nSPS) is 16.0. The highest BCUT2D eigenvalue weighted by atomic mass is 32.2. The minimum absolute atomic E-state index is 0.186. The highest BCUT2D eigenvalue weighted by molar-refractivity contribution is 8.00. The largest absolute Gasteiger partial charge is 0.256 e. The SMILES string of the molecule is CC(C)(C)Cc1ccc2c(CC(C)(C)C)c3c(cc2c1)-c1nccc2c1c(cc1ccc(C4CCCCC4)cc12)S3. The summed E-state index contributed by atoms with van der Waals surface area (Å²) in [7, 11) is 0. The van der Waals surface area contributed by atoms with Gasteiger partial charge in [-0.3, -0.25) is 4.98 Å². The van der Waals surface area contributed by atoms with Crippen LogP contribution in [0.3, 0.4) is 0 Å². The van der Waals surface area contributed by atoms with Crippen LogP contribution < -0.4 is 0 Å². The van der Waals surface area contributed by atoms with Gasteiger partial charge in [0.15, 0.2) is 0 Å². The van der Waals surface area contributed by atoms with Gasteiger partial charge in [-0.1, -0.05) is 109 Å². The highest BCUT2D eigenvalue weighted by Crippen LogP contribution is 2.52. The van der Waals surface area contributed by atoms with Gasteiger partial charge in [-0.25, -0.2) is 0 Å². The van der Waals surface area contributed by atoms with Crippen molar-refractivity contribution in [2.45, 2.75) is 102 Å². The van der Waals surface area contributed by atoms with E-state index in [9.17, 15) is 0 Å². The lowest BCUT2D eigenvalue weighted by Crippen LogP contribution is -2.12. The molecule has 2 aliphatic rings. The Morgan fingerprint density at radius 3 is 2.27 bits per heavy atom. The minimum atomic E-state index is 0.186. The Labute approximate surface area is 250 Å². The maximum absolute atomic E-state index is 5.11. The molecule has 0 spiro atoms. The fourth-order valence-electron chi connectivity index (χ4n) is 7.40. The predicted molar refractivity (Wildman–Crippen MR) is 178 cm³/mol. The summed E-state index contributed by atoms with van der Waals surface area (Å²) in [5, 5.41) is 8.20. The van der Waals surface area contributed by atoms with Crippen LogP contribution in [-0.2, 0) is 12.8 Å². The van der Waals surface area contributed by atoms with Gasteiger partial charge in [0.05, 0.1) is 5.69 Å². The van der Waals surface area contributed by atoms with Crippen LogP contribution in [0.25, 0.3) is 43.6 Å². The first-order chi connectivity index (χ1) is 19.5. The Morgan fingerprint density at radius 1 is 0.732 bits per heavy atom. The summed E-state index contributed by atoms with van der Waals surface area (Å²) in [4.78, 5) is 7.87. The monoisotopic (exact) mass is 557 g/mol. The van der Waals surface area contributed by atoms with Crippen LogP contribution in [0.5, 0.6) is 0 Å². The highest BCUT2D eigenvalue weighted by Gasteiger charge is 2.28. The van der Waals surface area contributed by atoms with Gasteiger partial charge in [0.1, 0.15) is 0 Å². The molecule has 1 aromatic heterocycles. The Balaban J connectivity index is 1.46. The van der Waals surface area contributed by atoms with E-state index in [4.69, 9.17) is 4.98 Å². The first-order valence-corrected chi connectivity index (χ1v) is 16.5. The predicted octanol–water partition coefficient (Wildman–Crippen LogP) is 11.9. The number of aromatic nitrogens is 1. The summed E-state index contributed by atoms with van der Waals surface area (Å²) in [6, 6.07) is 21.7. The molecule has 1 fully saturated rings.